The SMILES string of the molecule is CN(C)C(=O)NC1=CN2C(C(=O)N3C[C@H]4CC(c5ccccc5C(F)(F)F)C[C@H]4C3)=NNC2C=C1. The lowest BCUT2D eigenvalue weighted by atomic mass is 9.91. The van der Waals surface area contributed by atoms with Gasteiger partial charge >= 0.3 is 12.2 Å². The van der Waals surface area contributed by atoms with Gasteiger partial charge in [-0.25, -0.2) is 4.79 Å². The molecule has 2 fully saturated rings. The summed E-state index contributed by atoms with van der Waals surface area (Å²) < 4.78 is 40.5. The standard InChI is InChI=1S/C24H27F3N6O2/c1-31(2)23(35)28-17-7-8-20-29-30-21(33(20)13-17)22(34)32-11-15-9-14(10-16(15)12-32)18-5-3-4-6-19(18)24(25,26)27/h3-8,13-16,20,29H,9-12H2,1-2H3,(H,28,35)/t14?,15-,16+,20?. The van der Waals surface area contributed by atoms with Crippen LogP contribution < -0.4 is 10.7 Å². The molecule has 4 aliphatic rings. The molecule has 186 valence electrons. The molecule has 1 saturated heterocycles. The van der Waals surface area contributed by atoms with Crippen LogP contribution in [0.5, 0.6) is 0 Å². The summed E-state index contributed by atoms with van der Waals surface area (Å²) in [5.41, 5.74) is 3.25. The lowest BCUT2D eigenvalue weighted by Crippen LogP contribution is -2.46. The first-order valence-corrected chi connectivity index (χ1v) is 11.6. The number of amidine groups is 1. The third-order valence-corrected chi connectivity index (χ3v) is 7.18. The first kappa shape index (κ1) is 23.3. The third-order valence-electron chi connectivity index (χ3n) is 7.18. The van der Waals surface area contributed by atoms with Crippen LogP contribution in [-0.2, 0) is 11.0 Å². The summed E-state index contributed by atoms with van der Waals surface area (Å²) in [7, 11) is 3.27. The molecular weight excluding hydrogens is 461 g/mol. The minimum Gasteiger partial charge on any atom is -0.335 e. The second kappa shape index (κ2) is 8.62. The number of nitrogens with zero attached hydrogens (tertiary/aromatic N) is 4. The molecule has 11 heteroatoms. The van der Waals surface area contributed by atoms with E-state index in [0.29, 0.717) is 37.2 Å². The quantitative estimate of drug-likeness (QED) is 0.686. The van der Waals surface area contributed by atoms with Crippen LogP contribution in [0.3, 0.4) is 0 Å². The van der Waals surface area contributed by atoms with Gasteiger partial charge in [-0.05, 0) is 54.4 Å². The number of allylic oxidation sites excluding steroid dienone is 1. The Balaban J connectivity index is 1.24. The van der Waals surface area contributed by atoms with Gasteiger partial charge in [0.15, 0.2) is 0 Å². The van der Waals surface area contributed by atoms with Crippen molar-refractivity contribution < 1.29 is 22.8 Å². The van der Waals surface area contributed by atoms with Gasteiger partial charge in [0.25, 0.3) is 5.91 Å². The first-order chi connectivity index (χ1) is 16.6. The number of alkyl halides is 3. The van der Waals surface area contributed by atoms with E-state index in [-0.39, 0.29) is 41.7 Å². The molecule has 8 nitrogen and oxygen atoms in total. The van der Waals surface area contributed by atoms with E-state index in [4.69, 9.17) is 0 Å². The van der Waals surface area contributed by atoms with E-state index >= 15 is 0 Å². The monoisotopic (exact) mass is 488 g/mol. The molecule has 3 aliphatic heterocycles. The lowest BCUT2D eigenvalue weighted by molar-refractivity contribution is -0.138. The highest BCUT2D eigenvalue weighted by molar-refractivity contribution is 6.38. The fourth-order valence-electron chi connectivity index (χ4n) is 5.48. The minimum atomic E-state index is -4.37. The molecule has 0 radical (unpaired) electrons. The summed E-state index contributed by atoms with van der Waals surface area (Å²) in [5, 5.41) is 6.99. The van der Waals surface area contributed by atoms with Gasteiger partial charge in [0.05, 0.1) is 11.3 Å². The zero-order valence-corrected chi connectivity index (χ0v) is 19.4. The molecule has 0 aromatic heterocycles. The molecule has 5 rings (SSSR count). The molecule has 3 heterocycles. The third kappa shape index (κ3) is 4.35. The largest absolute Gasteiger partial charge is 0.416 e. The van der Waals surface area contributed by atoms with Gasteiger partial charge in [-0.2, -0.15) is 18.3 Å². The van der Waals surface area contributed by atoms with E-state index in [2.05, 4.69) is 15.8 Å². The van der Waals surface area contributed by atoms with Crippen LogP contribution in [0.25, 0.3) is 0 Å². The molecule has 1 aromatic rings. The van der Waals surface area contributed by atoms with Crippen molar-refractivity contribution in [2.24, 2.45) is 16.9 Å². The Labute approximate surface area is 201 Å². The number of rotatable bonds is 3. The van der Waals surface area contributed by atoms with Crippen molar-refractivity contribution in [1.82, 2.24) is 25.4 Å². The molecule has 3 amide bonds. The van der Waals surface area contributed by atoms with E-state index in [0.717, 1.165) is 6.07 Å². The molecule has 4 atom stereocenters. The highest BCUT2D eigenvalue weighted by Crippen LogP contribution is 2.48. The average Bonchev–Trinajstić information content (AvgIpc) is 3.51. The van der Waals surface area contributed by atoms with Crippen molar-refractivity contribution >= 4 is 17.8 Å². The van der Waals surface area contributed by atoms with Crippen molar-refractivity contribution in [2.75, 3.05) is 27.2 Å². The molecule has 1 aliphatic carbocycles. The molecule has 35 heavy (non-hydrogen) atoms. The summed E-state index contributed by atoms with van der Waals surface area (Å²) in [6, 6.07) is 5.53. The summed E-state index contributed by atoms with van der Waals surface area (Å²) in [5.74, 6) is 0.153. The van der Waals surface area contributed by atoms with Crippen LogP contribution in [0.1, 0.15) is 29.9 Å². The van der Waals surface area contributed by atoms with Crippen molar-refractivity contribution in [3.63, 3.8) is 0 Å². The average molecular weight is 489 g/mol. The zero-order chi connectivity index (χ0) is 24.9. The van der Waals surface area contributed by atoms with E-state index in [1.165, 1.54) is 11.0 Å². The summed E-state index contributed by atoms with van der Waals surface area (Å²) in [4.78, 5) is 30.1. The zero-order valence-electron chi connectivity index (χ0n) is 19.4. The van der Waals surface area contributed by atoms with Gasteiger partial charge < -0.3 is 15.1 Å². The van der Waals surface area contributed by atoms with Crippen LogP contribution in [0.4, 0.5) is 18.0 Å². The summed E-state index contributed by atoms with van der Waals surface area (Å²) in [6.45, 7) is 0.991. The topological polar surface area (TPSA) is 80.3 Å². The number of fused-ring (bicyclic) bond motifs is 2. The predicted octanol–water partition coefficient (Wildman–Crippen LogP) is 2.88. The van der Waals surface area contributed by atoms with E-state index < -0.39 is 11.7 Å². The molecule has 1 aromatic carbocycles. The lowest BCUT2D eigenvalue weighted by Gasteiger charge is -2.27. The summed E-state index contributed by atoms with van der Waals surface area (Å²) in [6.07, 6.45) is 1.78. The Morgan fingerprint density at radius 2 is 1.83 bits per heavy atom. The van der Waals surface area contributed by atoms with Gasteiger partial charge in [0, 0.05) is 33.4 Å². The molecule has 2 unspecified atom stereocenters. The number of urea groups is 1. The number of nitrogens with one attached hydrogen (secondary N) is 2. The predicted molar refractivity (Wildman–Crippen MR) is 123 cm³/mol. The molecule has 0 bridgehead atoms. The van der Waals surface area contributed by atoms with Crippen molar-refractivity contribution in [2.45, 2.75) is 31.1 Å². The van der Waals surface area contributed by atoms with Gasteiger partial charge in [-0.1, -0.05) is 18.2 Å². The Hall–Kier alpha value is -3.50. The van der Waals surface area contributed by atoms with E-state index in [1.54, 1.807) is 54.4 Å². The number of halogens is 3. The maximum Gasteiger partial charge on any atom is 0.416 e. The number of likely N-dealkylation sites (tertiary alicyclic amines) is 1. The number of benzene rings is 1. The fourth-order valence-corrected chi connectivity index (χ4v) is 5.48. The summed E-state index contributed by atoms with van der Waals surface area (Å²) >= 11 is 0. The van der Waals surface area contributed by atoms with E-state index in [9.17, 15) is 22.8 Å². The Kier molecular flexibility index (Phi) is 5.72. The molecular formula is C24H27F3N6O2. The van der Waals surface area contributed by atoms with Crippen LogP contribution >= 0.6 is 0 Å². The smallest absolute Gasteiger partial charge is 0.335 e. The van der Waals surface area contributed by atoms with Gasteiger partial charge in [0.1, 0.15) is 6.17 Å². The maximum absolute atomic E-state index is 13.5. The minimum absolute atomic E-state index is 0.155. The van der Waals surface area contributed by atoms with Crippen LogP contribution in [0.2, 0.25) is 0 Å². The van der Waals surface area contributed by atoms with Gasteiger partial charge in [-0.3, -0.25) is 15.1 Å². The van der Waals surface area contributed by atoms with Gasteiger partial charge in [0.2, 0.25) is 5.84 Å². The van der Waals surface area contributed by atoms with Crippen molar-refractivity contribution in [1.29, 1.82) is 0 Å². The Bertz CT molecular complexity index is 1110. The van der Waals surface area contributed by atoms with Crippen LogP contribution in [0.15, 0.2) is 53.4 Å². The van der Waals surface area contributed by atoms with Crippen molar-refractivity contribution in [3.8, 4) is 0 Å². The second-order valence-corrected chi connectivity index (χ2v) is 9.67. The Morgan fingerprint density at radius 3 is 2.49 bits per heavy atom. The molecule has 2 N–H and O–H groups in total. The Morgan fingerprint density at radius 1 is 1.14 bits per heavy atom. The number of amides is 3. The highest BCUT2D eigenvalue weighted by Gasteiger charge is 2.46. The van der Waals surface area contributed by atoms with Crippen molar-refractivity contribution in [3.05, 3.63) is 59.4 Å². The normalized spacial score (nSPS) is 27.1. The molecule has 0 spiro atoms. The number of hydrogen-bond donors (Lipinski definition) is 2. The fraction of sp³-hybridized carbons (Fsp3) is 0.458. The number of carbonyl (C=O) groups excluding carboxylic acids is 2. The maximum atomic E-state index is 13.5. The van der Waals surface area contributed by atoms with Crippen LogP contribution in [-0.4, -0.2) is 65.8 Å². The highest BCUT2D eigenvalue weighted by atomic mass is 19.4. The number of hydrazone groups is 1. The number of carbonyl (C=O) groups is 2. The first-order valence-electron chi connectivity index (χ1n) is 11.6. The van der Waals surface area contributed by atoms with Crippen LogP contribution in [0, 0.1) is 11.8 Å². The second-order valence-electron chi connectivity index (χ2n) is 9.67. The molecule has 1 saturated carbocycles. The van der Waals surface area contributed by atoms with Gasteiger partial charge in [-0.15, -0.1) is 0 Å². The van der Waals surface area contributed by atoms with E-state index in [1.807, 2.05) is 0 Å². The number of hydrogen-bond acceptors (Lipinski definition) is 5.